The second-order valence-electron chi connectivity index (χ2n) is 3.08. The fraction of sp³-hybridized carbons (Fsp3) is 0.875. The molecule has 1 fully saturated rings. The zero-order valence-electron chi connectivity index (χ0n) is 7.71. The Morgan fingerprint density at radius 1 is 1.46 bits per heavy atom. The molecule has 0 unspecified atom stereocenters. The van der Waals surface area contributed by atoms with Crippen molar-refractivity contribution < 1.29 is 9.53 Å². The number of carbonyl (C=O) groups excluding carboxylic acids is 1. The van der Waals surface area contributed by atoms with Crippen LogP contribution in [0.1, 0.15) is 12.8 Å². The van der Waals surface area contributed by atoms with E-state index >= 15 is 0 Å². The molecule has 76 valence electrons. The molecule has 1 aliphatic carbocycles. The van der Waals surface area contributed by atoms with E-state index < -0.39 is 0 Å². The van der Waals surface area contributed by atoms with Gasteiger partial charge in [-0.3, -0.25) is 0 Å². The topological polar surface area (TPSA) is 76.4 Å². The average Bonchev–Trinajstić information content (AvgIpc) is 2.88. The summed E-state index contributed by atoms with van der Waals surface area (Å²) in [6.45, 7) is 2.13. The normalized spacial score (nSPS) is 15.5. The second-order valence-corrected chi connectivity index (χ2v) is 3.08. The van der Waals surface area contributed by atoms with Crippen LogP contribution in [-0.4, -0.2) is 38.4 Å². The third-order valence-corrected chi connectivity index (χ3v) is 1.71. The van der Waals surface area contributed by atoms with E-state index in [1.54, 1.807) is 0 Å². The molecule has 0 spiro atoms. The van der Waals surface area contributed by atoms with Crippen molar-refractivity contribution in [1.29, 1.82) is 0 Å². The van der Waals surface area contributed by atoms with Crippen molar-refractivity contribution in [1.82, 2.24) is 10.6 Å². The lowest BCUT2D eigenvalue weighted by atomic mass is 10.6. The third kappa shape index (κ3) is 5.43. The first-order chi connectivity index (χ1) is 6.33. The van der Waals surface area contributed by atoms with Gasteiger partial charge in [-0.2, -0.15) is 0 Å². The highest BCUT2D eigenvalue weighted by Gasteiger charge is 2.22. The number of urea groups is 1. The van der Waals surface area contributed by atoms with Crippen LogP contribution < -0.4 is 16.4 Å². The Labute approximate surface area is 78.0 Å². The highest BCUT2D eigenvalue weighted by molar-refractivity contribution is 5.74. The van der Waals surface area contributed by atoms with Crippen LogP contribution >= 0.6 is 0 Å². The largest absolute Gasteiger partial charge is 0.378 e. The fourth-order valence-corrected chi connectivity index (χ4v) is 0.886. The molecular formula is C8H17N3O2. The maximum Gasteiger partial charge on any atom is 0.315 e. The quantitative estimate of drug-likeness (QED) is 0.487. The van der Waals surface area contributed by atoms with Gasteiger partial charge in [-0.25, -0.2) is 4.79 Å². The van der Waals surface area contributed by atoms with Crippen molar-refractivity contribution in [2.24, 2.45) is 5.73 Å². The van der Waals surface area contributed by atoms with Crippen LogP contribution in [0.5, 0.6) is 0 Å². The average molecular weight is 187 g/mol. The molecule has 0 aliphatic heterocycles. The van der Waals surface area contributed by atoms with Gasteiger partial charge in [-0.1, -0.05) is 0 Å². The lowest BCUT2D eigenvalue weighted by Crippen LogP contribution is -2.38. The predicted octanol–water partition coefficient (Wildman–Crippen LogP) is -0.577. The molecule has 0 radical (unpaired) electrons. The highest BCUT2D eigenvalue weighted by Crippen LogP contribution is 2.17. The molecule has 13 heavy (non-hydrogen) atoms. The van der Waals surface area contributed by atoms with Crippen LogP contribution in [0.15, 0.2) is 0 Å². The zero-order chi connectivity index (χ0) is 9.52. The molecule has 1 aliphatic rings. The summed E-state index contributed by atoms with van der Waals surface area (Å²) in [7, 11) is 0. The number of rotatable bonds is 6. The summed E-state index contributed by atoms with van der Waals surface area (Å²) in [6, 6.07) is 0.309. The van der Waals surface area contributed by atoms with Crippen molar-refractivity contribution in [2.75, 3.05) is 26.3 Å². The molecule has 1 saturated carbocycles. The van der Waals surface area contributed by atoms with Gasteiger partial charge in [0.25, 0.3) is 0 Å². The number of nitrogens with one attached hydrogen (secondary N) is 2. The number of hydrogen-bond donors (Lipinski definition) is 3. The number of amides is 2. The molecule has 4 N–H and O–H groups in total. The lowest BCUT2D eigenvalue weighted by molar-refractivity contribution is 0.143. The van der Waals surface area contributed by atoms with Crippen LogP contribution in [0.2, 0.25) is 0 Å². The van der Waals surface area contributed by atoms with Gasteiger partial charge in [-0.05, 0) is 12.8 Å². The Morgan fingerprint density at radius 2 is 2.23 bits per heavy atom. The van der Waals surface area contributed by atoms with Gasteiger partial charge >= 0.3 is 6.03 Å². The molecule has 0 bridgehead atoms. The minimum Gasteiger partial charge on any atom is -0.378 e. The molecule has 0 atom stereocenters. The van der Waals surface area contributed by atoms with Crippen molar-refractivity contribution >= 4 is 6.03 Å². The molecule has 0 aromatic heterocycles. The van der Waals surface area contributed by atoms with Gasteiger partial charge in [0.2, 0.25) is 0 Å². The summed E-state index contributed by atoms with van der Waals surface area (Å²) in [6.07, 6.45) is 2.22. The first-order valence-electron chi connectivity index (χ1n) is 4.65. The maximum atomic E-state index is 11.0. The van der Waals surface area contributed by atoms with Crippen LogP contribution in [0.4, 0.5) is 4.79 Å². The van der Waals surface area contributed by atoms with Gasteiger partial charge in [0.05, 0.1) is 13.2 Å². The second kappa shape index (κ2) is 5.77. The molecule has 0 aromatic carbocycles. The first-order valence-corrected chi connectivity index (χ1v) is 4.65. The number of ether oxygens (including phenoxy) is 1. The first kappa shape index (κ1) is 10.3. The molecular weight excluding hydrogens is 170 g/mol. The smallest absolute Gasteiger partial charge is 0.315 e. The van der Waals surface area contributed by atoms with E-state index in [0.29, 0.717) is 32.3 Å². The molecule has 1 rings (SSSR count). The fourth-order valence-electron chi connectivity index (χ4n) is 0.886. The van der Waals surface area contributed by atoms with Crippen LogP contribution in [-0.2, 0) is 4.74 Å². The van der Waals surface area contributed by atoms with E-state index in [4.69, 9.17) is 10.5 Å². The third-order valence-electron chi connectivity index (χ3n) is 1.71. The van der Waals surface area contributed by atoms with Crippen molar-refractivity contribution in [3.63, 3.8) is 0 Å². The number of hydrogen-bond acceptors (Lipinski definition) is 3. The van der Waals surface area contributed by atoms with Crippen molar-refractivity contribution in [2.45, 2.75) is 18.9 Å². The Kier molecular flexibility index (Phi) is 4.56. The molecule has 5 heteroatoms. The summed E-state index contributed by atoms with van der Waals surface area (Å²) in [4.78, 5) is 11.0. The van der Waals surface area contributed by atoms with E-state index in [-0.39, 0.29) is 6.03 Å². The summed E-state index contributed by atoms with van der Waals surface area (Å²) in [5, 5.41) is 5.51. The summed E-state index contributed by atoms with van der Waals surface area (Å²) in [5.74, 6) is 0. The minimum absolute atomic E-state index is 0.0983. The van der Waals surface area contributed by atoms with Gasteiger partial charge in [0.1, 0.15) is 0 Å². The van der Waals surface area contributed by atoms with E-state index in [2.05, 4.69) is 10.6 Å². The molecule has 5 nitrogen and oxygen atoms in total. The minimum atomic E-state index is -0.0983. The van der Waals surface area contributed by atoms with Gasteiger partial charge in [-0.15, -0.1) is 0 Å². The Balaban J connectivity index is 1.83. The number of carbonyl (C=O) groups is 1. The predicted molar refractivity (Wildman–Crippen MR) is 49.4 cm³/mol. The molecule has 0 saturated heterocycles. The van der Waals surface area contributed by atoms with Gasteiger partial charge < -0.3 is 21.1 Å². The number of nitrogens with two attached hydrogens (primary N) is 1. The highest BCUT2D eigenvalue weighted by atomic mass is 16.5. The maximum absolute atomic E-state index is 11.0. The molecule has 0 aromatic rings. The summed E-state index contributed by atoms with van der Waals surface area (Å²) in [5.41, 5.74) is 5.22. The van der Waals surface area contributed by atoms with Crippen molar-refractivity contribution in [3.05, 3.63) is 0 Å². The standard InChI is InChI=1S/C8H17N3O2/c9-3-5-13-6-4-10-8(12)11-7-1-2-7/h7H,1-6,9H2,(H2,10,11,12). The van der Waals surface area contributed by atoms with E-state index in [1.165, 1.54) is 0 Å². The van der Waals surface area contributed by atoms with E-state index in [9.17, 15) is 4.79 Å². The van der Waals surface area contributed by atoms with Crippen LogP contribution in [0, 0.1) is 0 Å². The van der Waals surface area contributed by atoms with E-state index in [0.717, 1.165) is 12.8 Å². The summed E-state index contributed by atoms with van der Waals surface area (Å²) < 4.78 is 5.09. The Morgan fingerprint density at radius 3 is 2.85 bits per heavy atom. The molecule has 2 amide bonds. The van der Waals surface area contributed by atoms with E-state index in [1.807, 2.05) is 0 Å². The SMILES string of the molecule is NCCOCCNC(=O)NC1CC1. The van der Waals surface area contributed by atoms with Crippen molar-refractivity contribution in [3.8, 4) is 0 Å². The summed E-state index contributed by atoms with van der Waals surface area (Å²) >= 11 is 0. The zero-order valence-corrected chi connectivity index (χ0v) is 7.71. The van der Waals surface area contributed by atoms with Gasteiger partial charge in [0, 0.05) is 19.1 Å². The molecule has 0 heterocycles. The van der Waals surface area contributed by atoms with Crippen LogP contribution in [0.3, 0.4) is 0 Å². The Bertz CT molecular complexity index is 159. The Hall–Kier alpha value is -0.810. The van der Waals surface area contributed by atoms with Crippen LogP contribution in [0.25, 0.3) is 0 Å². The monoisotopic (exact) mass is 187 g/mol. The van der Waals surface area contributed by atoms with Gasteiger partial charge in [0.15, 0.2) is 0 Å². The lowest BCUT2D eigenvalue weighted by Gasteiger charge is -2.06.